The predicted octanol–water partition coefficient (Wildman–Crippen LogP) is 0.965. The summed E-state index contributed by atoms with van der Waals surface area (Å²) < 4.78 is 0. The van der Waals surface area contributed by atoms with Crippen LogP contribution in [0.15, 0.2) is 0 Å². The highest BCUT2D eigenvalue weighted by molar-refractivity contribution is 6.02. The van der Waals surface area contributed by atoms with Gasteiger partial charge in [-0.1, -0.05) is 20.8 Å². The number of rotatable bonds is 2. The van der Waals surface area contributed by atoms with Gasteiger partial charge >= 0.3 is 6.03 Å². The molecule has 0 spiro atoms. The molecule has 0 radical (unpaired) electrons. The highest BCUT2D eigenvalue weighted by Crippen LogP contribution is 2.23. The summed E-state index contributed by atoms with van der Waals surface area (Å²) in [5, 5.41) is 2.54. The lowest BCUT2D eigenvalue weighted by molar-refractivity contribution is -0.135. The SMILES string of the molecule is CC(C)(C)CC(=O)N1CCC(N2C(=O)CNC2=O)CC1. The minimum absolute atomic E-state index is 0.0151. The number of imide groups is 1. The lowest BCUT2D eigenvalue weighted by Crippen LogP contribution is -2.49. The first kappa shape index (κ1) is 14.8. The van der Waals surface area contributed by atoms with Crippen molar-refractivity contribution in [1.82, 2.24) is 15.1 Å². The molecule has 1 N–H and O–H groups in total. The van der Waals surface area contributed by atoms with E-state index in [2.05, 4.69) is 5.32 Å². The Morgan fingerprint density at radius 2 is 1.85 bits per heavy atom. The molecular weight excluding hydrogens is 258 g/mol. The fraction of sp³-hybridized carbons (Fsp3) is 0.786. The van der Waals surface area contributed by atoms with Crippen LogP contribution in [0.25, 0.3) is 0 Å². The van der Waals surface area contributed by atoms with Crippen molar-refractivity contribution in [3.63, 3.8) is 0 Å². The van der Waals surface area contributed by atoms with E-state index in [9.17, 15) is 14.4 Å². The van der Waals surface area contributed by atoms with Gasteiger partial charge in [-0.05, 0) is 18.3 Å². The molecule has 6 heteroatoms. The second kappa shape index (κ2) is 5.42. The molecule has 2 fully saturated rings. The van der Waals surface area contributed by atoms with E-state index in [-0.39, 0.29) is 35.8 Å². The number of carbonyl (C=O) groups is 3. The largest absolute Gasteiger partial charge is 0.343 e. The molecule has 2 aliphatic heterocycles. The Balaban J connectivity index is 1.88. The second-order valence-electron chi connectivity index (χ2n) is 6.77. The van der Waals surface area contributed by atoms with Gasteiger partial charge in [0.05, 0.1) is 6.54 Å². The standard InChI is InChI=1S/C14H23N3O3/c1-14(2,3)8-11(18)16-6-4-10(5-7-16)17-12(19)9-15-13(17)20/h10H,4-9H2,1-3H3,(H,15,20). The quantitative estimate of drug-likeness (QED) is 0.767. The molecule has 2 saturated heterocycles. The second-order valence-corrected chi connectivity index (χ2v) is 6.77. The van der Waals surface area contributed by atoms with Crippen molar-refractivity contribution in [1.29, 1.82) is 0 Å². The molecule has 20 heavy (non-hydrogen) atoms. The maximum atomic E-state index is 12.1. The van der Waals surface area contributed by atoms with Crippen LogP contribution in [-0.4, -0.2) is 53.3 Å². The van der Waals surface area contributed by atoms with Gasteiger partial charge in [0.25, 0.3) is 0 Å². The molecule has 0 aliphatic carbocycles. The number of nitrogens with zero attached hydrogens (tertiary/aromatic N) is 2. The number of piperidine rings is 1. The van der Waals surface area contributed by atoms with E-state index in [1.807, 2.05) is 25.7 Å². The summed E-state index contributed by atoms with van der Waals surface area (Å²) in [6.07, 6.45) is 1.88. The Hall–Kier alpha value is -1.59. The smallest absolute Gasteiger partial charge is 0.324 e. The van der Waals surface area contributed by atoms with Crippen molar-refractivity contribution in [2.24, 2.45) is 5.41 Å². The summed E-state index contributed by atoms with van der Waals surface area (Å²) in [7, 11) is 0. The first-order valence-electron chi connectivity index (χ1n) is 7.15. The van der Waals surface area contributed by atoms with Gasteiger partial charge < -0.3 is 10.2 Å². The van der Waals surface area contributed by atoms with Gasteiger partial charge in [0.2, 0.25) is 11.8 Å². The van der Waals surface area contributed by atoms with Gasteiger partial charge in [0.15, 0.2) is 0 Å². The van der Waals surface area contributed by atoms with Gasteiger partial charge in [-0.2, -0.15) is 0 Å². The van der Waals surface area contributed by atoms with Crippen LogP contribution in [0.1, 0.15) is 40.0 Å². The van der Waals surface area contributed by atoms with Crippen LogP contribution in [0.5, 0.6) is 0 Å². The van der Waals surface area contributed by atoms with E-state index in [1.165, 1.54) is 4.90 Å². The van der Waals surface area contributed by atoms with Crippen molar-refractivity contribution in [2.45, 2.75) is 46.1 Å². The van der Waals surface area contributed by atoms with E-state index in [0.717, 1.165) is 0 Å². The van der Waals surface area contributed by atoms with Gasteiger partial charge in [-0.3, -0.25) is 14.5 Å². The number of nitrogens with one attached hydrogen (secondary N) is 1. The van der Waals surface area contributed by atoms with Crippen LogP contribution in [0.3, 0.4) is 0 Å². The van der Waals surface area contributed by atoms with Crippen LogP contribution in [0, 0.1) is 5.41 Å². The summed E-state index contributed by atoms with van der Waals surface area (Å²) in [5.41, 5.74) is -0.0151. The molecule has 4 amide bonds. The zero-order chi connectivity index (χ0) is 14.9. The average molecular weight is 281 g/mol. The minimum Gasteiger partial charge on any atom is -0.343 e. The fourth-order valence-electron chi connectivity index (χ4n) is 2.74. The highest BCUT2D eigenvalue weighted by atomic mass is 16.2. The minimum atomic E-state index is -0.297. The van der Waals surface area contributed by atoms with Gasteiger partial charge in [-0.25, -0.2) is 4.79 Å². The third-order valence-corrected chi connectivity index (χ3v) is 3.74. The Kier molecular flexibility index (Phi) is 4.01. The zero-order valence-corrected chi connectivity index (χ0v) is 12.4. The van der Waals surface area contributed by atoms with E-state index >= 15 is 0 Å². The first-order chi connectivity index (χ1) is 9.28. The number of hydrogen-bond donors (Lipinski definition) is 1. The van der Waals surface area contributed by atoms with E-state index in [4.69, 9.17) is 0 Å². The molecule has 0 aromatic carbocycles. The summed E-state index contributed by atoms with van der Waals surface area (Å²) in [4.78, 5) is 38.6. The Morgan fingerprint density at radius 3 is 2.30 bits per heavy atom. The third kappa shape index (κ3) is 3.29. The fourth-order valence-corrected chi connectivity index (χ4v) is 2.74. The summed E-state index contributed by atoms with van der Waals surface area (Å²) >= 11 is 0. The number of urea groups is 1. The lowest BCUT2D eigenvalue weighted by Gasteiger charge is -2.36. The molecule has 0 aromatic rings. The van der Waals surface area contributed by atoms with Crippen LogP contribution < -0.4 is 5.32 Å². The Morgan fingerprint density at radius 1 is 1.25 bits per heavy atom. The summed E-state index contributed by atoms with van der Waals surface area (Å²) in [5.74, 6) is 0.00242. The Labute approximate surface area is 119 Å². The lowest BCUT2D eigenvalue weighted by atomic mass is 9.91. The highest BCUT2D eigenvalue weighted by Gasteiger charge is 2.37. The zero-order valence-electron chi connectivity index (χ0n) is 12.4. The molecule has 0 unspecified atom stereocenters. The summed E-state index contributed by atoms with van der Waals surface area (Å²) in [6, 6.07) is -0.363. The van der Waals surface area contributed by atoms with Crippen molar-refractivity contribution < 1.29 is 14.4 Å². The van der Waals surface area contributed by atoms with Crippen LogP contribution in [0.2, 0.25) is 0 Å². The van der Waals surface area contributed by atoms with E-state index < -0.39 is 0 Å². The van der Waals surface area contributed by atoms with Crippen LogP contribution in [0.4, 0.5) is 4.79 Å². The number of hydrogen-bond acceptors (Lipinski definition) is 3. The van der Waals surface area contributed by atoms with Gasteiger partial charge in [0, 0.05) is 25.6 Å². The Bertz CT molecular complexity index is 404. The van der Waals surface area contributed by atoms with Crippen molar-refractivity contribution in [2.75, 3.05) is 19.6 Å². The monoisotopic (exact) mass is 281 g/mol. The normalized spacial score (nSPS) is 21.4. The number of carbonyl (C=O) groups excluding carboxylic acids is 3. The van der Waals surface area contributed by atoms with Crippen molar-refractivity contribution in [3.05, 3.63) is 0 Å². The molecule has 2 rings (SSSR count). The molecule has 2 heterocycles. The topological polar surface area (TPSA) is 69.7 Å². The number of amides is 4. The van der Waals surface area contributed by atoms with Crippen molar-refractivity contribution in [3.8, 4) is 0 Å². The molecule has 112 valence electrons. The first-order valence-corrected chi connectivity index (χ1v) is 7.15. The molecule has 0 aromatic heterocycles. The van der Waals surface area contributed by atoms with Gasteiger partial charge in [-0.15, -0.1) is 0 Å². The molecule has 2 aliphatic rings. The average Bonchev–Trinajstić information content (AvgIpc) is 2.67. The third-order valence-electron chi connectivity index (χ3n) is 3.74. The van der Waals surface area contributed by atoms with Crippen LogP contribution >= 0.6 is 0 Å². The van der Waals surface area contributed by atoms with Crippen LogP contribution in [-0.2, 0) is 9.59 Å². The summed E-state index contributed by atoms with van der Waals surface area (Å²) in [6.45, 7) is 7.48. The van der Waals surface area contributed by atoms with E-state index in [1.54, 1.807) is 0 Å². The maximum Gasteiger partial charge on any atom is 0.324 e. The molecule has 0 bridgehead atoms. The van der Waals surface area contributed by atoms with Crippen molar-refractivity contribution >= 4 is 17.8 Å². The van der Waals surface area contributed by atoms with E-state index in [0.29, 0.717) is 32.4 Å². The predicted molar refractivity (Wildman–Crippen MR) is 73.9 cm³/mol. The molecule has 0 atom stereocenters. The maximum absolute atomic E-state index is 12.1. The van der Waals surface area contributed by atoms with Gasteiger partial charge in [0.1, 0.15) is 0 Å². The number of likely N-dealkylation sites (tertiary alicyclic amines) is 1. The molecular formula is C14H23N3O3. The molecule has 6 nitrogen and oxygen atoms in total. The molecule has 0 saturated carbocycles.